The van der Waals surface area contributed by atoms with E-state index in [2.05, 4.69) is 33.9 Å². The van der Waals surface area contributed by atoms with Crippen molar-refractivity contribution < 1.29 is 4.74 Å². The molecule has 0 aromatic carbocycles. The average Bonchev–Trinajstić information content (AvgIpc) is 2.47. The van der Waals surface area contributed by atoms with E-state index < -0.39 is 0 Å². The van der Waals surface area contributed by atoms with Gasteiger partial charge in [0.15, 0.2) is 0 Å². The smallest absolute Gasteiger partial charge is 0.121 e. The minimum Gasteiger partial charge on any atom is -0.386 e. The summed E-state index contributed by atoms with van der Waals surface area (Å²) in [5.74, 6) is 0.587. The van der Waals surface area contributed by atoms with Crippen LogP contribution in [0.25, 0.3) is 0 Å². The van der Waals surface area contributed by atoms with Crippen LogP contribution in [0.2, 0.25) is 0 Å². The molecule has 1 aromatic rings. The van der Waals surface area contributed by atoms with Crippen molar-refractivity contribution in [2.75, 3.05) is 13.2 Å². The van der Waals surface area contributed by atoms with Crippen LogP contribution in [0.1, 0.15) is 16.5 Å². The SMILES string of the molecule is Cc1cc([C@@H]2COCC(N)=N2)sc1Br. The Morgan fingerprint density at radius 2 is 2.50 bits per heavy atom. The predicted octanol–water partition coefficient (Wildman–Crippen LogP) is 2.25. The summed E-state index contributed by atoms with van der Waals surface area (Å²) in [6.45, 7) is 3.16. The lowest BCUT2D eigenvalue weighted by molar-refractivity contribution is 0.144. The first-order valence-electron chi connectivity index (χ1n) is 4.32. The van der Waals surface area contributed by atoms with Crippen LogP contribution in [0.15, 0.2) is 14.8 Å². The van der Waals surface area contributed by atoms with Gasteiger partial charge in [-0.3, -0.25) is 4.99 Å². The van der Waals surface area contributed by atoms with E-state index in [1.54, 1.807) is 11.3 Å². The van der Waals surface area contributed by atoms with Gasteiger partial charge in [-0.05, 0) is 34.5 Å². The van der Waals surface area contributed by atoms with E-state index in [0.29, 0.717) is 19.0 Å². The maximum Gasteiger partial charge on any atom is 0.121 e. The molecule has 14 heavy (non-hydrogen) atoms. The Kier molecular flexibility index (Phi) is 2.90. The summed E-state index contributed by atoms with van der Waals surface area (Å²) in [7, 11) is 0. The molecule has 2 rings (SSSR count). The summed E-state index contributed by atoms with van der Waals surface area (Å²) in [6, 6.07) is 2.21. The Balaban J connectivity index is 2.26. The Bertz CT molecular complexity index is 355. The number of rotatable bonds is 1. The number of nitrogens with zero attached hydrogens (tertiary/aromatic N) is 1. The Labute approximate surface area is 95.1 Å². The normalized spacial score (nSPS) is 22.1. The van der Waals surface area contributed by atoms with Crippen molar-refractivity contribution in [2.45, 2.75) is 13.0 Å². The van der Waals surface area contributed by atoms with E-state index in [1.165, 1.54) is 10.4 Å². The molecule has 1 aliphatic rings. The number of halogens is 1. The number of nitrogens with two attached hydrogens (primary N) is 1. The first-order valence-corrected chi connectivity index (χ1v) is 5.93. The maximum atomic E-state index is 5.63. The second kappa shape index (κ2) is 4.00. The van der Waals surface area contributed by atoms with Crippen molar-refractivity contribution >= 4 is 33.1 Å². The number of aryl methyl sites for hydroxylation is 1. The highest BCUT2D eigenvalue weighted by molar-refractivity contribution is 9.11. The fraction of sp³-hybridized carbons (Fsp3) is 0.444. The second-order valence-corrected chi connectivity index (χ2v) is 5.66. The molecule has 2 N–H and O–H groups in total. The van der Waals surface area contributed by atoms with Gasteiger partial charge in [0, 0.05) is 4.88 Å². The van der Waals surface area contributed by atoms with Crippen LogP contribution in [-0.4, -0.2) is 19.0 Å². The lowest BCUT2D eigenvalue weighted by Crippen LogP contribution is -2.26. The number of thiophene rings is 1. The molecule has 5 heteroatoms. The van der Waals surface area contributed by atoms with Crippen molar-refractivity contribution in [2.24, 2.45) is 10.7 Å². The quantitative estimate of drug-likeness (QED) is 0.854. The Hall–Kier alpha value is -0.390. The van der Waals surface area contributed by atoms with Crippen LogP contribution in [0.3, 0.4) is 0 Å². The maximum absolute atomic E-state index is 5.63. The van der Waals surface area contributed by atoms with Gasteiger partial charge in [0.05, 0.1) is 10.4 Å². The molecule has 0 aliphatic carbocycles. The lowest BCUT2D eigenvalue weighted by Gasteiger charge is -2.17. The van der Waals surface area contributed by atoms with Crippen LogP contribution in [-0.2, 0) is 4.74 Å². The summed E-state index contributed by atoms with van der Waals surface area (Å²) in [5, 5.41) is 0. The summed E-state index contributed by atoms with van der Waals surface area (Å²) in [6.07, 6.45) is 0. The fourth-order valence-electron chi connectivity index (χ4n) is 1.34. The van der Waals surface area contributed by atoms with Crippen molar-refractivity contribution in [3.8, 4) is 0 Å². The molecule has 3 nitrogen and oxygen atoms in total. The lowest BCUT2D eigenvalue weighted by atomic mass is 10.2. The molecule has 0 bridgehead atoms. The largest absolute Gasteiger partial charge is 0.386 e. The van der Waals surface area contributed by atoms with Gasteiger partial charge < -0.3 is 10.5 Å². The minimum absolute atomic E-state index is 0.0822. The minimum atomic E-state index is 0.0822. The molecule has 0 saturated heterocycles. The van der Waals surface area contributed by atoms with Gasteiger partial charge in [-0.2, -0.15) is 0 Å². The van der Waals surface area contributed by atoms with Crippen LogP contribution in [0.4, 0.5) is 0 Å². The summed E-state index contributed by atoms with van der Waals surface area (Å²) >= 11 is 5.19. The monoisotopic (exact) mass is 274 g/mol. The van der Waals surface area contributed by atoms with Crippen LogP contribution in [0.5, 0.6) is 0 Å². The molecule has 1 aromatic heterocycles. The zero-order valence-corrected chi connectivity index (χ0v) is 10.2. The molecule has 2 heterocycles. The molecule has 0 amide bonds. The van der Waals surface area contributed by atoms with Crippen molar-refractivity contribution in [3.63, 3.8) is 0 Å². The topological polar surface area (TPSA) is 47.6 Å². The highest BCUT2D eigenvalue weighted by Gasteiger charge is 2.18. The van der Waals surface area contributed by atoms with Gasteiger partial charge in [0.1, 0.15) is 18.5 Å². The van der Waals surface area contributed by atoms with Crippen LogP contribution < -0.4 is 5.73 Å². The number of amidine groups is 1. The van der Waals surface area contributed by atoms with Gasteiger partial charge >= 0.3 is 0 Å². The molecule has 1 atom stereocenters. The zero-order chi connectivity index (χ0) is 10.1. The highest BCUT2D eigenvalue weighted by atomic mass is 79.9. The zero-order valence-electron chi connectivity index (χ0n) is 7.79. The van der Waals surface area contributed by atoms with Gasteiger partial charge in [-0.1, -0.05) is 0 Å². The van der Waals surface area contributed by atoms with E-state index in [1.807, 2.05) is 0 Å². The average molecular weight is 275 g/mol. The van der Waals surface area contributed by atoms with Crippen LogP contribution >= 0.6 is 27.3 Å². The van der Waals surface area contributed by atoms with E-state index in [4.69, 9.17) is 10.5 Å². The van der Waals surface area contributed by atoms with E-state index in [0.717, 1.165) is 3.79 Å². The molecule has 0 unspecified atom stereocenters. The molecule has 1 aliphatic heterocycles. The molecule has 0 spiro atoms. The van der Waals surface area contributed by atoms with Crippen molar-refractivity contribution in [3.05, 3.63) is 20.3 Å². The standard InChI is InChI=1S/C9H11BrN2OS/c1-5-2-7(14-9(5)10)6-3-13-4-8(11)12-6/h2,6H,3-4H2,1H3,(H2,11,12)/t6-/m0/s1. The molecule has 0 radical (unpaired) electrons. The number of aliphatic imine (C=N–C) groups is 1. The van der Waals surface area contributed by atoms with Crippen molar-refractivity contribution in [1.29, 1.82) is 0 Å². The first kappa shape index (κ1) is 10.1. The molecule has 0 saturated carbocycles. The fourth-order valence-corrected chi connectivity index (χ4v) is 2.94. The first-order chi connectivity index (χ1) is 6.66. The van der Waals surface area contributed by atoms with Crippen LogP contribution in [0, 0.1) is 6.92 Å². The van der Waals surface area contributed by atoms with Crippen molar-refractivity contribution in [1.82, 2.24) is 0 Å². The van der Waals surface area contributed by atoms with Gasteiger partial charge in [-0.15, -0.1) is 11.3 Å². The summed E-state index contributed by atoms with van der Waals surface area (Å²) in [4.78, 5) is 5.57. The number of ether oxygens (including phenoxy) is 1. The third kappa shape index (κ3) is 1.99. The van der Waals surface area contributed by atoms with Gasteiger partial charge in [0.2, 0.25) is 0 Å². The van der Waals surface area contributed by atoms with E-state index >= 15 is 0 Å². The third-order valence-electron chi connectivity index (χ3n) is 2.05. The predicted molar refractivity (Wildman–Crippen MR) is 61.9 cm³/mol. The molecule has 0 fully saturated rings. The second-order valence-electron chi connectivity index (χ2n) is 3.26. The van der Waals surface area contributed by atoms with E-state index in [9.17, 15) is 0 Å². The Morgan fingerprint density at radius 3 is 3.07 bits per heavy atom. The number of hydrogen-bond acceptors (Lipinski definition) is 4. The highest BCUT2D eigenvalue weighted by Crippen LogP contribution is 2.33. The van der Waals surface area contributed by atoms with E-state index in [-0.39, 0.29) is 6.04 Å². The summed E-state index contributed by atoms with van der Waals surface area (Å²) in [5.41, 5.74) is 6.87. The molecular formula is C9H11BrN2OS. The summed E-state index contributed by atoms with van der Waals surface area (Å²) < 4.78 is 6.49. The molecular weight excluding hydrogens is 264 g/mol. The Morgan fingerprint density at radius 1 is 1.71 bits per heavy atom. The number of hydrogen-bond donors (Lipinski definition) is 1. The van der Waals surface area contributed by atoms with Gasteiger partial charge in [-0.25, -0.2) is 0 Å². The third-order valence-corrected chi connectivity index (χ3v) is 4.29. The van der Waals surface area contributed by atoms with Gasteiger partial charge in [0.25, 0.3) is 0 Å². The molecule has 76 valence electrons.